The molecule has 0 fully saturated rings. The van der Waals surface area contributed by atoms with Crippen molar-refractivity contribution >= 4 is 28.2 Å². The number of non-ortho nitro benzene ring substituents is 1. The van der Waals surface area contributed by atoms with E-state index in [2.05, 4.69) is 11.6 Å². The van der Waals surface area contributed by atoms with E-state index < -0.39 is 10.9 Å². The lowest BCUT2D eigenvalue weighted by Crippen LogP contribution is -2.29. The summed E-state index contributed by atoms with van der Waals surface area (Å²) in [5.74, 6) is -0.993. The molecule has 0 atom stereocenters. The SMILES string of the molecule is C=CCN(CC(=O)O)c1ccnc2c([N+](=O)[O-])cccc12. The van der Waals surface area contributed by atoms with E-state index in [1.165, 1.54) is 12.3 Å². The summed E-state index contributed by atoms with van der Waals surface area (Å²) >= 11 is 0. The summed E-state index contributed by atoms with van der Waals surface area (Å²) in [5, 5.41) is 20.6. The molecule has 0 aliphatic heterocycles. The number of benzene rings is 1. The van der Waals surface area contributed by atoms with Crippen LogP contribution < -0.4 is 4.90 Å². The maximum Gasteiger partial charge on any atom is 0.323 e. The van der Waals surface area contributed by atoms with Gasteiger partial charge in [-0.2, -0.15) is 0 Å². The Balaban J connectivity index is 2.62. The number of carbonyl (C=O) groups is 1. The Hall–Kier alpha value is -2.96. The van der Waals surface area contributed by atoms with Crippen LogP contribution in [-0.2, 0) is 4.79 Å². The Morgan fingerprint density at radius 3 is 2.86 bits per heavy atom. The van der Waals surface area contributed by atoms with E-state index in [-0.39, 0.29) is 17.7 Å². The molecule has 0 aliphatic rings. The zero-order valence-electron chi connectivity index (χ0n) is 11.1. The molecule has 2 rings (SSSR count). The number of aliphatic carboxylic acids is 1. The fourth-order valence-electron chi connectivity index (χ4n) is 2.14. The molecule has 7 nitrogen and oxygen atoms in total. The van der Waals surface area contributed by atoms with Gasteiger partial charge in [0.25, 0.3) is 5.69 Å². The molecule has 7 heteroatoms. The van der Waals surface area contributed by atoms with Gasteiger partial charge in [0, 0.05) is 29.9 Å². The third-order valence-corrected chi connectivity index (χ3v) is 2.94. The summed E-state index contributed by atoms with van der Waals surface area (Å²) in [6, 6.07) is 6.24. The number of carboxylic acid groups (broad SMARTS) is 1. The standard InChI is InChI=1S/C14H13N3O4/c1-2-8-16(9-13(18)19)11-6-7-15-14-10(11)4-3-5-12(14)17(20)21/h2-7H,1,8-9H2,(H,18,19). The van der Waals surface area contributed by atoms with Gasteiger partial charge >= 0.3 is 5.97 Å². The molecular formula is C14H13N3O4. The van der Waals surface area contributed by atoms with Gasteiger partial charge < -0.3 is 10.0 Å². The van der Waals surface area contributed by atoms with E-state index >= 15 is 0 Å². The lowest BCUT2D eigenvalue weighted by Gasteiger charge is -2.22. The minimum Gasteiger partial charge on any atom is -0.480 e. The first-order valence-corrected chi connectivity index (χ1v) is 6.14. The van der Waals surface area contributed by atoms with Crippen LogP contribution in [0.4, 0.5) is 11.4 Å². The van der Waals surface area contributed by atoms with Crippen molar-refractivity contribution in [2.75, 3.05) is 18.0 Å². The van der Waals surface area contributed by atoms with Crippen LogP contribution in [0.25, 0.3) is 10.9 Å². The second-order valence-corrected chi connectivity index (χ2v) is 4.32. The van der Waals surface area contributed by atoms with Crippen LogP contribution in [0.15, 0.2) is 43.1 Å². The fourth-order valence-corrected chi connectivity index (χ4v) is 2.14. The van der Waals surface area contributed by atoms with Crippen molar-refractivity contribution in [3.8, 4) is 0 Å². The smallest absolute Gasteiger partial charge is 0.323 e. The minimum absolute atomic E-state index is 0.108. The predicted octanol–water partition coefficient (Wildman–Crippen LogP) is 2.22. The maximum atomic E-state index is 11.0. The van der Waals surface area contributed by atoms with Crippen molar-refractivity contribution in [2.45, 2.75) is 0 Å². The van der Waals surface area contributed by atoms with E-state index in [0.29, 0.717) is 17.6 Å². The zero-order chi connectivity index (χ0) is 15.4. The van der Waals surface area contributed by atoms with Gasteiger partial charge in [-0.05, 0) is 6.07 Å². The number of nitro groups is 1. The summed E-state index contributed by atoms with van der Waals surface area (Å²) < 4.78 is 0. The van der Waals surface area contributed by atoms with Crippen molar-refractivity contribution in [3.05, 3.63) is 53.2 Å². The van der Waals surface area contributed by atoms with Crippen molar-refractivity contribution < 1.29 is 14.8 Å². The maximum absolute atomic E-state index is 11.0. The van der Waals surface area contributed by atoms with E-state index in [4.69, 9.17) is 5.11 Å². The van der Waals surface area contributed by atoms with Crippen molar-refractivity contribution in [2.24, 2.45) is 0 Å². The number of hydrogen-bond donors (Lipinski definition) is 1. The lowest BCUT2D eigenvalue weighted by molar-refractivity contribution is -0.383. The molecule has 0 saturated carbocycles. The van der Waals surface area contributed by atoms with Crippen molar-refractivity contribution in [1.82, 2.24) is 4.98 Å². The van der Waals surface area contributed by atoms with E-state index in [1.54, 1.807) is 29.2 Å². The van der Waals surface area contributed by atoms with Crippen molar-refractivity contribution in [1.29, 1.82) is 0 Å². The lowest BCUT2D eigenvalue weighted by atomic mass is 10.1. The normalized spacial score (nSPS) is 10.3. The number of hydrogen-bond acceptors (Lipinski definition) is 5. The molecule has 21 heavy (non-hydrogen) atoms. The number of aromatic nitrogens is 1. The third-order valence-electron chi connectivity index (χ3n) is 2.94. The summed E-state index contributed by atoms with van der Waals surface area (Å²) in [6.45, 7) is 3.69. The molecule has 108 valence electrons. The number of rotatable bonds is 6. The number of pyridine rings is 1. The second kappa shape index (κ2) is 6.00. The molecule has 1 N–H and O–H groups in total. The average molecular weight is 287 g/mol. The van der Waals surface area contributed by atoms with Gasteiger partial charge in [0.05, 0.1) is 4.92 Å². The van der Waals surface area contributed by atoms with E-state index in [1.807, 2.05) is 0 Å². The highest BCUT2D eigenvalue weighted by Gasteiger charge is 2.18. The monoisotopic (exact) mass is 287 g/mol. The Kier molecular flexibility index (Phi) is 4.13. The Morgan fingerprint density at radius 1 is 1.48 bits per heavy atom. The molecule has 0 bridgehead atoms. The van der Waals surface area contributed by atoms with Gasteiger partial charge in [-0.25, -0.2) is 4.98 Å². The van der Waals surface area contributed by atoms with Crippen LogP contribution in [0.2, 0.25) is 0 Å². The van der Waals surface area contributed by atoms with Gasteiger partial charge in [-0.3, -0.25) is 14.9 Å². The number of carboxylic acids is 1. The Bertz CT molecular complexity index is 714. The van der Waals surface area contributed by atoms with Gasteiger partial charge in [-0.15, -0.1) is 6.58 Å². The van der Waals surface area contributed by atoms with Crippen LogP contribution >= 0.6 is 0 Å². The average Bonchev–Trinajstić information content (AvgIpc) is 2.45. The highest BCUT2D eigenvalue weighted by Crippen LogP contribution is 2.30. The zero-order valence-corrected chi connectivity index (χ0v) is 11.1. The van der Waals surface area contributed by atoms with Crippen LogP contribution in [0.5, 0.6) is 0 Å². The summed E-state index contributed by atoms with van der Waals surface area (Å²) in [5.41, 5.74) is 0.702. The Labute approximate surface area is 120 Å². The summed E-state index contributed by atoms with van der Waals surface area (Å²) in [6.07, 6.45) is 3.01. The second-order valence-electron chi connectivity index (χ2n) is 4.32. The van der Waals surface area contributed by atoms with E-state index in [9.17, 15) is 14.9 Å². The molecule has 0 saturated heterocycles. The fraction of sp³-hybridized carbons (Fsp3) is 0.143. The van der Waals surface area contributed by atoms with E-state index in [0.717, 1.165) is 0 Å². The minimum atomic E-state index is -0.993. The topological polar surface area (TPSA) is 96.6 Å². The molecule has 1 aromatic carbocycles. The number of para-hydroxylation sites is 1. The highest BCUT2D eigenvalue weighted by molar-refractivity contribution is 5.97. The van der Waals surface area contributed by atoms with Crippen LogP contribution in [0, 0.1) is 10.1 Å². The van der Waals surface area contributed by atoms with Crippen LogP contribution in [-0.4, -0.2) is 34.1 Å². The first kappa shape index (κ1) is 14.4. The molecule has 0 aliphatic carbocycles. The molecule has 0 spiro atoms. The van der Waals surface area contributed by atoms with Gasteiger partial charge in [-0.1, -0.05) is 18.2 Å². The van der Waals surface area contributed by atoms with Crippen LogP contribution in [0.3, 0.4) is 0 Å². The van der Waals surface area contributed by atoms with Crippen molar-refractivity contribution in [3.63, 3.8) is 0 Å². The quantitative estimate of drug-likeness (QED) is 0.497. The number of anilines is 1. The van der Waals surface area contributed by atoms with Gasteiger partial charge in [0.2, 0.25) is 0 Å². The largest absolute Gasteiger partial charge is 0.480 e. The first-order valence-electron chi connectivity index (χ1n) is 6.14. The molecule has 0 amide bonds. The third kappa shape index (κ3) is 2.97. The molecule has 1 aromatic heterocycles. The number of nitrogens with zero attached hydrogens (tertiary/aromatic N) is 3. The molecule has 0 radical (unpaired) electrons. The van der Waals surface area contributed by atoms with Crippen LogP contribution in [0.1, 0.15) is 0 Å². The summed E-state index contributed by atoms with van der Waals surface area (Å²) in [4.78, 5) is 27.1. The molecule has 0 unspecified atom stereocenters. The molecule has 2 aromatic rings. The van der Waals surface area contributed by atoms with Gasteiger partial charge in [0.15, 0.2) is 0 Å². The number of fused-ring (bicyclic) bond motifs is 1. The summed E-state index contributed by atoms with van der Waals surface area (Å²) in [7, 11) is 0. The molecule has 1 heterocycles. The Morgan fingerprint density at radius 2 is 2.24 bits per heavy atom. The highest BCUT2D eigenvalue weighted by atomic mass is 16.6. The first-order chi connectivity index (χ1) is 10.0. The molecular weight excluding hydrogens is 274 g/mol. The van der Waals surface area contributed by atoms with Gasteiger partial charge in [0.1, 0.15) is 12.1 Å². The number of nitro benzene ring substituents is 1. The predicted molar refractivity (Wildman–Crippen MR) is 78.4 cm³/mol.